The van der Waals surface area contributed by atoms with Gasteiger partial charge in [-0.05, 0) is 25.3 Å². The van der Waals surface area contributed by atoms with Crippen LogP contribution in [-0.2, 0) is 0 Å². The summed E-state index contributed by atoms with van der Waals surface area (Å²) in [4.78, 5) is 5.68. The van der Waals surface area contributed by atoms with Gasteiger partial charge >= 0.3 is 0 Å². The lowest BCUT2D eigenvalue weighted by molar-refractivity contribution is 1.29. The predicted octanol–water partition coefficient (Wildman–Crippen LogP) is 3.42. The van der Waals surface area contributed by atoms with Gasteiger partial charge in [-0.1, -0.05) is 12.1 Å². The van der Waals surface area contributed by atoms with Crippen molar-refractivity contribution in [2.45, 2.75) is 11.8 Å². The molecule has 2 aromatic rings. The Labute approximate surface area is 97.5 Å². The first-order valence-electron chi connectivity index (χ1n) is 4.58. The number of nitrogens with two attached hydrogens (primary N) is 1. The van der Waals surface area contributed by atoms with E-state index in [9.17, 15) is 0 Å². The molecule has 0 unspecified atom stereocenters. The Balaban J connectivity index is 2.41. The average molecular weight is 236 g/mol. The minimum absolute atomic E-state index is 0.796. The van der Waals surface area contributed by atoms with Gasteiger partial charge in [0.25, 0.3) is 0 Å². The van der Waals surface area contributed by atoms with Gasteiger partial charge in [0.05, 0.1) is 5.01 Å². The molecule has 0 amide bonds. The lowest BCUT2D eigenvalue weighted by Crippen LogP contribution is -1.85. The Morgan fingerprint density at radius 3 is 2.40 bits per heavy atom. The molecule has 0 spiro atoms. The van der Waals surface area contributed by atoms with Crippen LogP contribution >= 0.6 is 23.1 Å². The van der Waals surface area contributed by atoms with Gasteiger partial charge in [-0.2, -0.15) is 0 Å². The molecule has 15 heavy (non-hydrogen) atoms. The van der Waals surface area contributed by atoms with E-state index in [4.69, 9.17) is 5.73 Å². The van der Waals surface area contributed by atoms with Gasteiger partial charge in [0.2, 0.25) is 0 Å². The normalized spacial score (nSPS) is 10.5. The van der Waals surface area contributed by atoms with Crippen LogP contribution in [0.2, 0.25) is 0 Å². The quantitative estimate of drug-likeness (QED) is 0.812. The lowest BCUT2D eigenvalue weighted by Gasteiger charge is -2.00. The van der Waals surface area contributed by atoms with Gasteiger partial charge in [0.1, 0.15) is 10.7 Å². The molecule has 1 heterocycles. The summed E-state index contributed by atoms with van der Waals surface area (Å²) in [6, 6.07) is 8.32. The largest absolute Gasteiger partial charge is 0.389 e. The molecular formula is C11H12N2S2. The lowest BCUT2D eigenvalue weighted by atomic mass is 10.2. The summed E-state index contributed by atoms with van der Waals surface area (Å²) in [6.07, 6.45) is 2.07. The van der Waals surface area contributed by atoms with E-state index < -0.39 is 0 Å². The van der Waals surface area contributed by atoms with E-state index in [1.807, 2.05) is 6.92 Å². The Morgan fingerprint density at radius 1 is 1.27 bits per heavy atom. The number of nitrogen functional groups attached to an aromatic ring is 1. The maximum atomic E-state index is 5.89. The van der Waals surface area contributed by atoms with Crippen molar-refractivity contribution in [2.75, 3.05) is 12.0 Å². The summed E-state index contributed by atoms with van der Waals surface area (Å²) in [7, 11) is 0. The fraction of sp³-hybridized carbons (Fsp3) is 0.182. The van der Waals surface area contributed by atoms with Crippen LogP contribution in [0.1, 0.15) is 5.01 Å². The predicted molar refractivity (Wildman–Crippen MR) is 68.5 cm³/mol. The van der Waals surface area contributed by atoms with Crippen molar-refractivity contribution in [3.63, 3.8) is 0 Å². The number of hydrogen-bond acceptors (Lipinski definition) is 4. The third-order valence-corrected chi connectivity index (χ3v) is 3.67. The fourth-order valence-corrected chi connectivity index (χ4v) is 2.52. The van der Waals surface area contributed by atoms with Crippen LogP contribution in [0.3, 0.4) is 0 Å². The van der Waals surface area contributed by atoms with Crippen LogP contribution in [0.25, 0.3) is 11.3 Å². The second-order valence-corrected chi connectivity index (χ2v) is 5.29. The van der Waals surface area contributed by atoms with Gasteiger partial charge in [0.15, 0.2) is 0 Å². The zero-order valence-corrected chi connectivity index (χ0v) is 10.3. The van der Waals surface area contributed by atoms with Gasteiger partial charge in [-0.25, -0.2) is 4.98 Å². The molecule has 0 aliphatic rings. The maximum Gasteiger partial charge on any atom is 0.114 e. The molecule has 78 valence electrons. The first-order chi connectivity index (χ1) is 7.20. The summed E-state index contributed by atoms with van der Waals surface area (Å²) in [5, 5.41) is 1.81. The topological polar surface area (TPSA) is 38.9 Å². The Hall–Kier alpha value is -1.00. The number of rotatable bonds is 2. The van der Waals surface area contributed by atoms with Crippen LogP contribution in [0.4, 0.5) is 5.00 Å². The minimum atomic E-state index is 0.796. The number of aromatic nitrogens is 1. The molecule has 1 aromatic carbocycles. The molecule has 0 bridgehead atoms. The van der Waals surface area contributed by atoms with Crippen LogP contribution < -0.4 is 5.73 Å². The molecule has 0 fully saturated rings. The number of thioether (sulfide) groups is 1. The third kappa shape index (κ3) is 2.16. The second-order valence-electron chi connectivity index (χ2n) is 3.17. The number of aryl methyl sites for hydroxylation is 1. The highest BCUT2D eigenvalue weighted by molar-refractivity contribution is 7.98. The Bertz CT molecular complexity index is 460. The summed E-state index contributed by atoms with van der Waals surface area (Å²) < 4.78 is 0. The van der Waals surface area contributed by atoms with Gasteiger partial charge in [-0.3, -0.25) is 0 Å². The van der Waals surface area contributed by atoms with E-state index in [0.29, 0.717) is 0 Å². The van der Waals surface area contributed by atoms with E-state index in [-0.39, 0.29) is 0 Å². The molecule has 2 rings (SSSR count). The first-order valence-corrected chi connectivity index (χ1v) is 6.62. The molecule has 4 heteroatoms. The molecule has 2 N–H and O–H groups in total. The van der Waals surface area contributed by atoms with E-state index in [1.54, 1.807) is 11.8 Å². The molecule has 0 saturated heterocycles. The molecule has 0 aliphatic heterocycles. The van der Waals surface area contributed by atoms with Crippen LogP contribution in [0.5, 0.6) is 0 Å². The van der Waals surface area contributed by atoms with E-state index in [2.05, 4.69) is 35.5 Å². The Kier molecular flexibility index (Phi) is 2.98. The van der Waals surface area contributed by atoms with E-state index in [0.717, 1.165) is 21.3 Å². The molecule has 0 radical (unpaired) electrons. The monoisotopic (exact) mass is 236 g/mol. The summed E-state index contributed by atoms with van der Waals surface area (Å²) >= 11 is 3.27. The highest BCUT2D eigenvalue weighted by atomic mass is 32.2. The third-order valence-electron chi connectivity index (χ3n) is 2.12. The summed E-state index contributed by atoms with van der Waals surface area (Å²) in [5.74, 6) is 0. The van der Waals surface area contributed by atoms with Crippen molar-refractivity contribution >= 4 is 28.1 Å². The number of nitrogens with zero attached hydrogens (tertiary/aromatic N) is 1. The highest BCUT2D eigenvalue weighted by Crippen LogP contribution is 2.30. The molecule has 0 aliphatic carbocycles. The zero-order chi connectivity index (χ0) is 10.8. The minimum Gasteiger partial charge on any atom is -0.389 e. The second kappa shape index (κ2) is 4.24. The van der Waals surface area contributed by atoms with Gasteiger partial charge < -0.3 is 5.73 Å². The van der Waals surface area contributed by atoms with Crippen molar-refractivity contribution in [3.05, 3.63) is 29.3 Å². The molecule has 1 aromatic heterocycles. The fourth-order valence-electron chi connectivity index (χ4n) is 1.40. The van der Waals surface area contributed by atoms with Crippen molar-refractivity contribution in [1.29, 1.82) is 0 Å². The number of benzene rings is 1. The van der Waals surface area contributed by atoms with E-state index >= 15 is 0 Å². The van der Waals surface area contributed by atoms with Gasteiger partial charge in [0, 0.05) is 10.5 Å². The molecule has 0 saturated carbocycles. The number of thiazole rings is 1. The van der Waals surface area contributed by atoms with Gasteiger partial charge in [-0.15, -0.1) is 23.1 Å². The Morgan fingerprint density at radius 2 is 1.93 bits per heavy atom. The standard InChI is InChI=1S/C11H12N2S2/c1-7-13-10(11(12)15-7)8-3-5-9(14-2)6-4-8/h3-6H,12H2,1-2H3. The molecular weight excluding hydrogens is 224 g/mol. The van der Waals surface area contributed by atoms with Crippen molar-refractivity contribution in [1.82, 2.24) is 4.98 Å². The SMILES string of the molecule is CSc1ccc(-c2nc(C)sc2N)cc1. The van der Waals surface area contributed by atoms with Crippen LogP contribution in [0, 0.1) is 6.92 Å². The first kappa shape index (κ1) is 10.5. The van der Waals surface area contributed by atoms with E-state index in [1.165, 1.54) is 16.2 Å². The van der Waals surface area contributed by atoms with Crippen molar-refractivity contribution < 1.29 is 0 Å². The summed E-state index contributed by atoms with van der Waals surface area (Å²) in [6.45, 7) is 1.97. The molecule has 2 nitrogen and oxygen atoms in total. The number of hydrogen-bond donors (Lipinski definition) is 1. The maximum absolute atomic E-state index is 5.89. The van der Waals surface area contributed by atoms with Crippen molar-refractivity contribution in [2.24, 2.45) is 0 Å². The highest BCUT2D eigenvalue weighted by Gasteiger charge is 2.07. The van der Waals surface area contributed by atoms with Crippen molar-refractivity contribution in [3.8, 4) is 11.3 Å². The van der Waals surface area contributed by atoms with Crippen LogP contribution in [-0.4, -0.2) is 11.2 Å². The zero-order valence-electron chi connectivity index (χ0n) is 8.65. The summed E-state index contributed by atoms with van der Waals surface area (Å²) in [5.41, 5.74) is 7.89. The molecule has 0 atom stereocenters. The van der Waals surface area contributed by atoms with Crippen LogP contribution in [0.15, 0.2) is 29.2 Å². The average Bonchev–Trinajstić information content (AvgIpc) is 2.58. The number of anilines is 1. The smallest absolute Gasteiger partial charge is 0.114 e.